The van der Waals surface area contributed by atoms with Crippen LogP contribution in [0.3, 0.4) is 0 Å². The van der Waals surface area contributed by atoms with E-state index in [9.17, 15) is 19.0 Å². The van der Waals surface area contributed by atoms with Gasteiger partial charge in [-0.05, 0) is 96.0 Å². The van der Waals surface area contributed by atoms with Crippen molar-refractivity contribution in [2.45, 2.75) is 238 Å². The number of ether oxygens (including phenoxy) is 1. The van der Waals surface area contributed by atoms with Gasteiger partial charge in [-0.2, -0.15) is 0 Å². The van der Waals surface area contributed by atoms with Crippen LogP contribution in [0.25, 0.3) is 0 Å². The van der Waals surface area contributed by atoms with Crippen molar-refractivity contribution in [2.75, 3.05) is 40.9 Å². The lowest BCUT2D eigenvalue weighted by Gasteiger charge is -2.27. The third kappa shape index (κ3) is 49.9. The predicted molar refractivity (Wildman–Crippen MR) is 295 cm³/mol. The Hall–Kier alpha value is -2.81. The van der Waals surface area contributed by atoms with E-state index in [1.165, 1.54) is 109 Å². The Morgan fingerprint density at radius 3 is 1.38 bits per heavy atom. The van der Waals surface area contributed by atoms with E-state index >= 15 is 0 Å². The Morgan fingerprint density at radius 1 is 0.507 bits per heavy atom. The Balaban J connectivity index is 5.46. The molecule has 0 aliphatic rings. The number of hydrogen-bond acceptors (Lipinski definition) is 6. The molecule has 9 nitrogen and oxygen atoms in total. The van der Waals surface area contributed by atoms with E-state index < -0.39 is 20.0 Å². The molecule has 0 radical (unpaired) electrons. The van der Waals surface area contributed by atoms with Crippen molar-refractivity contribution in [3.63, 3.8) is 0 Å². The Kier molecular flexibility index (Phi) is 46.8. The second kappa shape index (κ2) is 48.8. The van der Waals surface area contributed by atoms with Gasteiger partial charge < -0.3 is 19.4 Å². The number of carbonyl (C=O) groups is 2. The van der Waals surface area contributed by atoms with Crippen LogP contribution < -0.4 is 5.32 Å². The first-order valence-electron chi connectivity index (χ1n) is 27.9. The van der Waals surface area contributed by atoms with Gasteiger partial charge in [0.1, 0.15) is 19.3 Å². The highest BCUT2D eigenvalue weighted by atomic mass is 31.2. The van der Waals surface area contributed by atoms with Crippen LogP contribution in [0.1, 0.15) is 226 Å². The van der Waals surface area contributed by atoms with Crippen LogP contribution in [-0.2, 0) is 27.9 Å². The molecular weight excluding hydrogens is 880 g/mol. The summed E-state index contributed by atoms with van der Waals surface area (Å²) in [6, 6.07) is -0.894. The minimum Gasteiger partial charge on any atom is -0.456 e. The van der Waals surface area contributed by atoms with E-state index in [4.69, 9.17) is 13.8 Å². The number of quaternary nitrogens is 1. The summed E-state index contributed by atoms with van der Waals surface area (Å²) in [5.41, 5.74) is 0. The molecule has 0 aliphatic heterocycles. The van der Waals surface area contributed by atoms with E-state index in [0.717, 1.165) is 70.6 Å². The summed E-state index contributed by atoms with van der Waals surface area (Å²) in [6.45, 7) is 6.88. The van der Waals surface area contributed by atoms with Crippen molar-refractivity contribution in [3.05, 3.63) is 85.1 Å². The lowest BCUT2D eigenvalue weighted by molar-refractivity contribution is -0.870. The van der Waals surface area contributed by atoms with E-state index in [-0.39, 0.29) is 37.9 Å². The molecule has 1 amide bonds. The highest BCUT2D eigenvalue weighted by molar-refractivity contribution is 7.47. The maximum atomic E-state index is 13.4. The number of unbranched alkanes of at least 4 members (excludes halogenated alkanes) is 21. The van der Waals surface area contributed by atoms with Crippen molar-refractivity contribution in [3.8, 4) is 0 Å². The highest BCUT2D eigenvalue weighted by Gasteiger charge is 2.30. The molecule has 69 heavy (non-hydrogen) atoms. The molecule has 0 aromatic carbocycles. The molecule has 3 unspecified atom stereocenters. The molecule has 0 spiro atoms. The lowest BCUT2D eigenvalue weighted by atomic mass is 10.1. The fourth-order valence-corrected chi connectivity index (χ4v) is 8.18. The summed E-state index contributed by atoms with van der Waals surface area (Å²) in [5, 5.41) is 2.99. The summed E-state index contributed by atoms with van der Waals surface area (Å²) < 4.78 is 30.5. The molecule has 0 aromatic heterocycles. The topological polar surface area (TPSA) is 111 Å². The van der Waals surface area contributed by atoms with Crippen molar-refractivity contribution in [2.24, 2.45) is 0 Å². The summed E-state index contributed by atoms with van der Waals surface area (Å²) in [5.74, 6) is -0.626. The SMILES string of the molecule is CCCCC/C=C\C/C=C\C/C=C\C/C=C\CCCCCC(=O)OC(/C=C\CCCCCCCCCCC)C(COP(=O)(O)OCC[N+](C)(C)C)NC(=O)CC/C=C/C/C=C\CCCCCCCC. The molecule has 0 fully saturated rings. The highest BCUT2D eigenvalue weighted by Crippen LogP contribution is 2.43. The molecule has 2 N–H and O–H groups in total. The second-order valence-electron chi connectivity index (χ2n) is 19.7. The first kappa shape index (κ1) is 66.2. The van der Waals surface area contributed by atoms with E-state index in [0.29, 0.717) is 23.9 Å². The molecule has 3 atom stereocenters. The van der Waals surface area contributed by atoms with Crippen LogP contribution in [0.5, 0.6) is 0 Å². The fourth-order valence-electron chi connectivity index (χ4n) is 7.44. The molecular formula is C59H106N2O7P+. The molecule has 0 bridgehead atoms. The normalized spacial score (nSPS) is 14.5. The largest absolute Gasteiger partial charge is 0.472 e. The lowest BCUT2D eigenvalue weighted by Crippen LogP contribution is -2.47. The first-order valence-corrected chi connectivity index (χ1v) is 29.4. The molecule has 10 heteroatoms. The van der Waals surface area contributed by atoms with Crippen molar-refractivity contribution in [1.82, 2.24) is 5.32 Å². The van der Waals surface area contributed by atoms with Gasteiger partial charge in [0.25, 0.3) is 0 Å². The molecule has 0 saturated heterocycles. The quantitative estimate of drug-likeness (QED) is 0.0205. The van der Waals surface area contributed by atoms with E-state index in [1.807, 2.05) is 39.4 Å². The zero-order chi connectivity index (χ0) is 50.8. The summed E-state index contributed by atoms with van der Waals surface area (Å²) in [7, 11) is 1.44. The minimum absolute atomic E-state index is 0.0222. The number of likely N-dealkylation sites (N-methyl/N-ethyl adjacent to an activating group) is 1. The van der Waals surface area contributed by atoms with Crippen LogP contribution in [-0.4, -0.2) is 74.3 Å². The zero-order valence-corrected chi connectivity index (χ0v) is 46.2. The Morgan fingerprint density at radius 2 is 0.899 bits per heavy atom. The molecule has 0 rings (SSSR count). The molecule has 0 saturated carbocycles. The van der Waals surface area contributed by atoms with Gasteiger partial charge in [-0.25, -0.2) is 4.57 Å². The Bertz CT molecular complexity index is 1460. The number of rotatable bonds is 49. The second-order valence-corrected chi connectivity index (χ2v) is 21.2. The van der Waals surface area contributed by atoms with Gasteiger partial charge in [0, 0.05) is 12.8 Å². The number of amides is 1. The van der Waals surface area contributed by atoms with Gasteiger partial charge in [0.15, 0.2) is 0 Å². The number of phosphoric acid groups is 1. The van der Waals surface area contributed by atoms with Crippen LogP contribution in [0.15, 0.2) is 85.1 Å². The predicted octanol–water partition coefficient (Wildman–Crippen LogP) is 16.7. The van der Waals surface area contributed by atoms with Gasteiger partial charge in [-0.15, -0.1) is 0 Å². The molecule has 0 heterocycles. The summed E-state index contributed by atoms with van der Waals surface area (Å²) >= 11 is 0. The number of phosphoric ester groups is 1. The van der Waals surface area contributed by atoms with Crippen LogP contribution in [0.4, 0.5) is 0 Å². The number of carbonyl (C=O) groups excluding carboxylic acids is 2. The number of nitrogens with one attached hydrogen (secondary N) is 1. The molecule has 0 aromatic rings. The standard InChI is InChI=1S/C59H105N2O7P/c1-7-10-13-16-19-22-25-27-28-29-30-31-32-34-37-40-43-46-49-52-59(63)68-57(50-47-44-41-38-35-24-21-18-15-12-9-3)56(55-67-69(64,65)66-54-53-61(4,5)6)60-58(62)51-48-45-42-39-36-33-26-23-20-17-14-11-8-2/h19,22,27-28,30-31,33-34,36-37,42,45,47,50,56-57H,7-18,20-21,23-26,29,32,35,38-41,43-44,46,48-49,51-55H2,1-6H3,(H-,60,62,64,65)/p+1/b22-19-,28-27-,31-30-,36-33-,37-34-,45-42+,50-47-. The third-order valence-electron chi connectivity index (χ3n) is 11.8. The van der Waals surface area contributed by atoms with Gasteiger partial charge in [0.05, 0.1) is 33.8 Å². The number of allylic oxidation sites excluding steroid dienone is 13. The molecule has 398 valence electrons. The van der Waals surface area contributed by atoms with Crippen LogP contribution in [0.2, 0.25) is 0 Å². The minimum atomic E-state index is -4.46. The monoisotopic (exact) mass is 986 g/mol. The van der Waals surface area contributed by atoms with Gasteiger partial charge in [-0.3, -0.25) is 18.6 Å². The molecule has 0 aliphatic carbocycles. The smallest absolute Gasteiger partial charge is 0.456 e. The van der Waals surface area contributed by atoms with Crippen molar-refractivity contribution >= 4 is 19.7 Å². The number of esters is 1. The van der Waals surface area contributed by atoms with Crippen LogP contribution >= 0.6 is 7.82 Å². The average Bonchev–Trinajstić information content (AvgIpc) is 3.31. The van der Waals surface area contributed by atoms with E-state index in [1.54, 1.807) is 0 Å². The summed E-state index contributed by atoms with van der Waals surface area (Å²) in [6.07, 6.45) is 63.1. The fraction of sp³-hybridized carbons (Fsp3) is 0.729. The van der Waals surface area contributed by atoms with Gasteiger partial charge in [-0.1, -0.05) is 202 Å². The van der Waals surface area contributed by atoms with Crippen molar-refractivity contribution < 1.29 is 37.3 Å². The van der Waals surface area contributed by atoms with Crippen LogP contribution in [0, 0.1) is 0 Å². The Labute approximate surface area is 425 Å². The zero-order valence-electron chi connectivity index (χ0n) is 45.3. The average molecular weight is 986 g/mol. The summed E-state index contributed by atoms with van der Waals surface area (Å²) in [4.78, 5) is 37.4. The number of hydrogen-bond donors (Lipinski definition) is 2. The third-order valence-corrected chi connectivity index (χ3v) is 12.8. The van der Waals surface area contributed by atoms with Gasteiger partial charge >= 0.3 is 13.8 Å². The maximum absolute atomic E-state index is 13.4. The van der Waals surface area contributed by atoms with E-state index in [2.05, 4.69) is 92.9 Å². The van der Waals surface area contributed by atoms with Crippen molar-refractivity contribution in [1.29, 1.82) is 0 Å². The van der Waals surface area contributed by atoms with Gasteiger partial charge in [0.2, 0.25) is 5.91 Å². The number of nitrogens with zero attached hydrogens (tertiary/aromatic N) is 1. The maximum Gasteiger partial charge on any atom is 0.472 e. The first-order chi connectivity index (χ1) is 33.4.